The average Bonchev–Trinajstić information content (AvgIpc) is 2.87. The first kappa shape index (κ1) is 13.7. The van der Waals surface area contributed by atoms with Crippen LogP contribution in [0.3, 0.4) is 0 Å². The predicted molar refractivity (Wildman–Crippen MR) is 69.7 cm³/mol. The Morgan fingerprint density at radius 3 is 2.82 bits per heavy atom. The molecule has 1 fully saturated rings. The van der Waals surface area contributed by atoms with E-state index in [0.29, 0.717) is 11.6 Å². The molecule has 0 spiro atoms. The van der Waals surface area contributed by atoms with Crippen molar-refractivity contribution in [1.29, 1.82) is 5.26 Å². The van der Waals surface area contributed by atoms with Gasteiger partial charge in [0, 0.05) is 5.69 Å². The number of hydrogen-bond donors (Lipinski definition) is 1. The van der Waals surface area contributed by atoms with Crippen molar-refractivity contribution in [3.05, 3.63) is 29.1 Å². The fraction of sp³-hybridized carbons (Fsp3) is 0.571. The van der Waals surface area contributed by atoms with Gasteiger partial charge in [-0.1, -0.05) is 19.9 Å². The molecule has 92 valence electrons. The number of aryl methyl sites for hydroxylation is 1. The zero-order valence-corrected chi connectivity index (χ0v) is 11.0. The van der Waals surface area contributed by atoms with Crippen molar-refractivity contribution < 1.29 is 0 Å². The Morgan fingerprint density at radius 1 is 1.47 bits per heavy atom. The monoisotopic (exact) mass is 231 g/mol. The van der Waals surface area contributed by atoms with E-state index in [9.17, 15) is 0 Å². The van der Waals surface area contributed by atoms with Gasteiger partial charge in [0.1, 0.15) is 11.8 Å². The van der Waals surface area contributed by atoms with Crippen LogP contribution < -0.4 is 5.32 Å². The van der Waals surface area contributed by atoms with Crippen molar-refractivity contribution >= 4 is 0 Å². The van der Waals surface area contributed by atoms with Crippen molar-refractivity contribution in [2.45, 2.75) is 33.6 Å². The number of nitrogens with one attached hydrogen (secondary N) is 1. The van der Waals surface area contributed by atoms with E-state index >= 15 is 0 Å². The third kappa shape index (κ3) is 3.83. The molecule has 1 saturated heterocycles. The molecule has 1 aliphatic rings. The Kier molecular flexibility index (Phi) is 5.65. The van der Waals surface area contributed by atoms with Gasteiger partial charge >= 0.3 is 0 Å². The van der Waals surface area contributed by atoms with Gasteiger partial charge < -0.3 is 5.32 Å². The third-order valence-electron chi connectivity index (χ3n) is 2.89. The van der Waals surface area contributed by atoms with Crippen molar-refractivity contribution in [3.8, 4) is 6.07 Å². The molecular formula is C14H21N3. The van der Waals surface area contributed by atoms with Crippen LogP contribution in [0.15, 0.2) is 12.1 Å². The van der Waals surface area contributed by atoms with E-state index in [1.165, 1.54) is 6.42 Å². The van der Waals surface area contributed by atoms with Gasteiger partial charge in [0.15, 0.2) is 0 Å². The summed E-state index contributed by atoms with van der Waals surface area (Å²) in [6.07, 6.45) is 2.18. The molecule has 0 amide bonds. The van der Waals surface area contributed by atoms with Gasteiger partial charge in [-0.05, 0) is 50.4 Å². The molecule has 1 N–H and O–H groups in total. The number of nitriles is 1. The van der Waals surface area contributed by atoms with Crippen LogP contribution in [0, 0.1) is 24.2 Å². The van der Waals surface area contributed by atoms with E-state index in [-0.39, 0.29) is 0 Å². The molecule has 1 aliphatic heterocycles. The molecule has 3 heteroatoms. The maximum Gasteiger partial charge on any atom is 0.143 e. The smallest absolute Gasteiger partial charge is 0.143 e. The largest absolute Gasteiger partial charge is 0.316 e. The zero-order chi connectivity index (χ0) is 12.7. The molecule has 0 saturated carbocycles. The Morgan fingerprint density at radius 2 is 2.24 bits per heavy atom. The van der Waals surface area contributed by atoms with Crippen LogP contribution in [0.5, 0.6) is 0 Å². The molecule has 2 rings (SSSR count). The molecule has 1 unspecified atom stereocenters. The number of pyridine rings is 1. The lowest BCUT2D eigenvalue weighted by molar-refractivity contribution is 0.578. The first-order valence-electron chi connectivity index (χ1n) is 6.37. The normalized spacial score (nSPS) is 18.1. The first-order chi connectivity index (χ1) is 8.29. The van der Waals surface area contributed by atoms with Crippen molar-refractivity contribution in [3.63, 3.8) is 0 Å². The van der Waals surface area contributed by atoms with E-state index in [0.717, 1.165) is 30.8 Å². The number of hydrogen-bond acceptors (Lipinski definition) is 3. The molecule has 0 radical (unpaired) electrons. The molecule has 1 aromatic heterocycles. The lowest BCUT2D eigenvalue weighted by Gasteiger charge is -2.09. The van der Waals surface area contributed by atoms with E-state index < -0.39 is 0 Å². The van der Waals surface area contributed by atoms with Crippen LogP contribution in [0.25, 0.3) is 0 Å². The lowest BCUT2D eigenvalue weighted by Crippen LogP contribution is -2.11. The zero-order valence-electron chi connectivity index (χ0n) is 11.0. The minimum Gasteiger partial charge on any atom is -0.316 e. The highest BCUT2D eigenvalue weighted by atomic mass is 14.9. The highest BCUT2D eigenvalue weighted by Gasteiger charge is 2.16. The molecule has 17 heavy (non-hydrogen) atoms. The van der Waals surface area contributed by atoms with Gasteiger partial charge in [0.05, 0.1) is 0 Å². The molecule has 1 atom stereocenters. The molecule has 0 aromatic carbocycles. The van der Waals surface area contributed by atoms with Gasteiger partial charge in [0.2, 0.25) is 0 Å². The Balaban J connectivity index is 0.000000686. The van der Waals surface area contributed by atoms with Crippen LogP contribution in [-0.2, 0) is 6.42 Å². The van der Waals surface area contributed by atoms with E-state index in [4.69, 9.17) is 5.26 Å². The van der Waals surface area contributed by atoms with Gasteiger partial charge in [-0.2, -0.15) is 5.26 Å². The fourth-order valence-corrected chi connectivity index (χ4v) is 2.05. The van der Waals surface area contributed by atoms with Crippen LogP contribution in [-0.4, -0.2) is 18.1 Å². The molecule has 2 heterocycles. The minimum atomic E-state index is 0.599. The summed E-state index contributed by atoms with van der Waals surface area (Å²) in [6.45, 7) is 8.09. The number of rotatable bonds is 2. The second-order valence-corrected chi connectivity index (χ2v) is 4.14. The van der Waals surface area contributed by atoms with Gasteiger partial charge in [-0.15, -0.1) is 0 Å². The van der Waals surface area contributed by atoms with Crippen molar-refractivity contribution in [2.75, 3.05) is 13.1 Å². The summed E-state index contributed by atoms with van der Waals surface area (Å²) >= 11 is 0. The maximum absolute atomic E-state index is 8.99. The molecule has 1 aromatic rings. The Hall–Kier alpha value is -1.40. The number of aromatic nitrogens is 1. The van der Waals surface area contributed by atoms with Crippen LogP contribution in [0.4, 0.5) is 0 Å². The second kappa shape index (κ2) is 7.03. The summed E-state index contributed by atoms with van der Waals surface area (Å²) in [7, 11) is 0. The predicted octanol–water partition coefficient (Wildman–Crippen LogP) is 2.44. The van der Waals surface area contributed by atoms with Gasteiger partial charge in [-0.3, -0.25) is 0 Å². The van der Waals surface area contributed by atoms with Crippen LogP contribution in [0.2, 0.25) is 0 Å². The summed E-state index contributed by atoms with van der Waals surface area (Å²) in [5, 5.41) is 12.3. The second-order valence-electron chi connectivity index (χ2n) is 4.14. The highest BCUT2D eigenvalue weighted by Crippen LogP contribution is 2.17. The first-order valence-corrected chi connectivity index (χ1v) is 6.37. The van der Waals surface area contributed by atoms with E-state index in [1.807, 2.05) is 32.9 Å². The quantitative estimate of drug-likeness (QED) is 0.850. The molecule has 0 aliphatic carbocycles. The molecule has 3 nitrogen and oxygen atoms in total. The van der Waals surface area contributed by atoms with Crippen molar-refractivity contribution in [2.24, 2.45) is 5.92 Å². The summed E-state index contributed by atoms with van der Waals surface area (Å²) in [4.78, 5) is 4.25. The summed E-state index contributed by atoms with van der Waals surface area (Å²) in [6, 6.07) is 6.20. The average molecular weight is 231 g/mol. The highest BCUT2D eigenvalue weighted by molar-refractivity contribution is 5.32. The number of nitrogens with zero attached hydrogens (tertiary/aromatic N) is 2. The van der Waals surface area contributed by atoms with Crippen molar-refractivity contribution in [1.82, 2.24) is 10.3 Å². The van der Waals surface area contributed by atoms with Crippen LogP contribution in [0.1, 0.15) is 37.2 Å². The summed E-state index contributed by atoms with van der Waals surface area (Å²) in [5.41, 5.74) is 2.61. The lowest BCUT2D eigenvalue weighted by atomic mass is 9.97. The molecule has 0 bridgehead atoms. The third-order valence-corrected chi connectivity index (χ3v) is 2.89. The fourth-order valence-electron chi connectivity index (χ4n) is 2.05. The summed E-state index contributed by atoms with van der Waals surface area (Å²) < 4.78 is 0. The standard InChI is InChI=1S/C12H15N3.C2H6/c1-9-2-3-11(12(7-13)15-9)6-10-4-5-14-8-10;1-2/h2-3,10,14H,4-6,8H2,1H3;1-2H3. The Labute approximate surface area is 104 Å². The van der Waals surface area contributed by atoms with E-state index in [2.05, 4.69) is 16.4 Å². The summed E-state index contributed by atoms with van der Waals surface area (Å²) in [5.74, 6) is 0.668. The minimum absolute atomic E-state index is 0.599. The topological polar surface area (TPSA) is 48.7 Å². The van der Waals surface area contributed by atoms with Crippen LogP contribution >= 0.6 is 0 Å². The van der Waals surface area contributed by atoms with Gasteiger partial charge in [0.25, 0.3) is 0 Å². The van der Waals surface area contributed by atoms with E-state index in [1.54, 1.807) is 0 Å². The maximum atomic E-state index is 8.99. The molecular weight excluding hydrogens is 210 g/mol. The van der Waals surface area contributed by atoms with Gasteiger partial charge in [-0.25, -0.2) is 4.98 Å². The SMILES string of the molecule is CC.Cc1ccc(CC2CCNC2)c(C#N)n1. The Bertz CT molecular complexity index is 387.